The molecule has 132 valence electrons. The molecule has 0 bridgehead atoms. The van der Waals surface area contributed by atoms with Crippen LogP contribution in [0.25, 0.3) is 0 Å². The molecule has 0 radical (unpaired) electrons. The highest BCUT2D eigenvalue weighted by molar-refractivity contribution is 6.31. The monoisotopic (exact) mass is 359 g/mol. The Hall–Kier alpha value is -2.08. The zero-order chi connectivity index (χ0) is 18.1. The molecule has 0 saturated carbocycles. The molecule has 5 nitrogen and oxygen atoms in total. The van der Waals surface area contributed by atoms with Crippen molar-refractivity contribution in [1.29, 1.82) is 0 Å². The molecule has 1 aliphatic heterocycles. The number of anilines is 1. The molecule has 0 aromatic heterocycles. The Morgan fingerprint density at radius 1 is 1.16 bits per heavy atom. The van der Waals surface area contributed by atoms with Crippen molar-refractivity contribution >= 4 is 23.2 Å². The SMILES string of the molecule is Cc1ccc(C2CC(C(=O)Nc3cccc(Cl)c3C)NN2)c(O)c1C. The number of hydrogen-bond acceptors (Lipinski definition) is 4. The van der Waals surface area contributed by atoms with Gasteiger partial charge >= 0.3 is 0 Å². The summed E-state index contributed by atoms with van der Waals surface area (Å²) in [6.07, 6.45) is 0.543. The summed E-state index contributed by atoms with van der Waals surface area (Å²) in [6, 6.07) is 8.78. The first-order valence-electron chi connectivity index (χ1n) is 8.24. The molecule has 1 fully saturated rings. The van der Waals surface area contributed by atoms with Gasteiger partial charge in [-0.3, -0.25) is 4.79 Å². The summed E-state index contributed by atoms with van der Waals surface area (Å²) in [6.45, 7) is 5.72. The number of carbonyl (C=O) groups is 1. The Kier molecular flexibility index (Phi) is 4.99. The summed E-state index contributed by atoms with van der Waals surface area (Å²) in [7, 11) is 0. The molecule has 2 aromatic rings. The van der Waals surface area contributed by atoms with Gasteiger partial charge in [0.2, 0.25) is 5.91 Å². The molecule has 2 aromatic carbocycles. The van der Waals surface area contributed by atoms with Crippen LogP contribution in [-0.4, -0.2) is 17.1 Å². The second-order valence-corrected chi connectivity index (χ2v) is 6.88. The van der Waals surface area contributed by atoms with E-state index in [1.807, 2.05) is 39.0 Å². The third-order valence-corrected chi connectivity index (χ3v) is 5.26. The lowest BCUT2D eigenvalue weighted by molar-refractivity contribution is -0.117. The predicted octanol–water partition coefficient (Wildman–Crippen LogP) is 3.52. The number of nitrogens with one attached hydrogen (secondary N) is 3. The predicted molar refractivity (Wildman–Crippen MR) is 99.8 cm³/mol. The van der Waals surface area contributed by atoms with Crippen LogP contribution < -0.4 is 16.2 Å². The maximum Gasteiger partial charge on any atom is 0.242 e. The lowest BCUT2D eigenvalue weighted by Gasteiger charge is -2.15. The van der Waals surface area contributed by atoms with Crippen LogP contribution in [0, 0.1) is 20.8 Å². The number of aromatic hydroxyl groups is 1. The van der Waals surface area contributed by atoms with E-state index in [2.05, 4.69) is 16.2 Å². The summed E-state index contributed by atoms with van der Waals surface area (Å²) >= 11 is 6.10. The van der Waals surface area contributed by atoms with Crippen LogP contribution in [0.15, 0.2) is 30.3 Å². The number of phenolic OH excluding ortho intramolecular Hbond substituents is 1. The van der Waals surface area contributed by atoms with Crippen molar-refractivity contribution < 1.29 is 9.90 Å². The van der Waals surface area contributed by atoms with E-state index in [0.717, 1.165) is 22.3 Å². The normalized spacial score (nSPS) is 19.8. The number of benzene rings is 2. The number of hydrogen-bond donors (Lipinski definition) is 4. The highest BCUT2D eigenvalue weighted by atomic mass is 35.5. The highest BCUT2D eigenvalue weighted by Gasteiger charge is 2.32. The summed E-state index contributed by atoms with van der Waals surface area (Å²) in [5.74, 6) is 0.148. The number of amides is 1. The zero-order valence-electron chi connectivity index (χ0n) is 14.5. The van der Waals surface area contributed by atoms with Gasteiger partial charge in [0.1, 0.15) is 11.8 Å². The van der Waals surface area contributed by atoms with Crippen molar-refractivity contribution in [2.75, 3.05) is 5.32 Å². The topological polar surface area (TPSA) is 73.4 Å². The minimum Gasteiger partial charge on any atom is -0.507 e. The maximum absolute atomic E-state index is 12.5. The van der Waals surface area contributed by atoms with Crippen molar-refractivity contribution in [3.05, 3.63) is 57.6 Å². The van der Waals surface area contributed by atoms with Gasteiger partial charge in [-0.15, -0.1) is 0 Å². The molecule has 1 heterocycles. The Balaban J connectivity index is 1.71. The lowest BCUT2D eigenvalue weighted by atomic mass is 9.96. The Labute approximate surface area is 152 Å². The Morgan fingerprint density at radius 2 is 1.92 bits per heavy atom. The van der Waals surface area contributed by atoms with Crippen LogP contribution in [0.3, 0.4) is 0 Å². The fourth-order valence-corrected chi connectivity index (χ4v) is 3.17. The Morgan fingerprint density at radius 3 is 2.68 bits per heavy atom. The second kappa shape index (κ2) is 7.04. The zero-order valence-corrected chi connectivity index (χ0v) is 15.2. The number of rotatable bonds is 3. The minimum absolute atomic E-state index is 0.129. The van der Waals surface area contributed by atoms with Gasteiger partial charge in [-0.2, -0.15) is 0 Å². The van der Waals surface area contributed by atoms with Crippen molar-refractivity contribution in [3.63, 3.8) is 0 Å². The quantitative estimate of drug-likeness (QED) is 0.676. The largest absolute Gasteiger partial charge is 0.507 e. The molecule has 1 aliphatic rings. The van der Waals surface area contributed by atoms with Crippen LogP contribution >= 0.6 is 11.6 Å². The maximum atomic E-state index is 12.5. The molecule has 2 atom stereocenters. The van der Waals surface area contributed by atoms with Crippen LogP contribution in [0.5, 0.6) is 5.75 Å². The van der Waals surface area contributed by atoms with Crippen molar-refractivity contribution in [1.82, 2.24) is 10.9 Å². The molecular weight excluding hydrogens is 338 g/mol. The molecule has 0 aliphatic carbocycles. The van der Waals surface area contributed by atoms with Crippen LogP contribution in [0.4, 0.5) is 5.69 Å². The fourth-order valence-electron chi connectivity index (χ4n) is 3.00. The standard InChI is InChI=1S/C19H22ClN3O2/c1-10-7-8-13(18(24)11(10)2)16-9-17(23-22-16)19(25)21-15-6-4-5-14(20)12(15)3/h4-8,16-17,22-24H,9H2,1-3H3,(H,21,25). The molecular formula is C19H22ClN3O2. The molecule has 3 rings (SSSR count). The fraction of sp³-hybridized carbons (Fsp3) is 0.316. The van der Waals surface area contributed by atoms with E-state index in [0.29, 0.717) is 17.1 Å². The molecule has 4 N–H and O–H groups in total. The molecule has 25 heavy (non-hydrogen) atoms. The van der Waals surface area contributed by atoms with E-state index in [1.54, 1.807) is 12.1 Å². The van der Waals surface area contributed by atoms with Gasteiger partial charge in [0.25, 0.3) is 0 Å². The first-order chi connectivity index (χ1) is 11.9. The van der Waals surface area contributed by atoms with Crippen LogP contribution in [0.2, 0.25) is 5.02 Å². The minimum atomic E-state index is -0.399. The van der Waals surface area contributed by atoms with E-state index in [4.69, 9.17) is 11.6 Å². The molecule has 0 spiro atoms. The molecule has 2 unspecified atom stereocenters. The average molecular weight is 360 g/mol. The van der Waals surface area contributed by atoms with Crippen molar-refractivity contribution in [2.24, 2.45) is 0 Å². The Bertz CT molecular complexity index is 823. The number of aryl methyl sites for hydroxylation is 1. The van der Waals surface area contributed by atoms with Gasteiger partial charge in [-0.1, -0.05) is 29.8 Å². The number of hydrazine groups is 1. The van der Waals surface area contributed by atoms with Crippen LogP contribution in [0.1, 0.15) is 34.7 Å². The highest BCUT2D eigenvalue weighted by Crippen LogP contribution is 2.33. The number of phenols is 1. The van der Waals surface area contributed by atoms with Gasteiger partial charge in [0.15, 0.2) is 0 Å². The van der Waals surface area contributed by atoms with E-state index < -0.39 is 6.04 Å². The first-order valence-corrected chi connectivity index (χ1v) is 8.62. The lowest BCUT2D eigenvalue weighted by Crippen LogP contribution is -2.39. The molecule has 1 saturated heterocycles. The van der Waals surface area contributed by atoms with Gasteiger partial charge in [-0.25, -0.2) is 10.9 Å². The van der Waals surface area contributed by atoms with Gasteiger partial charge < -0.3 is 10.4 Å². The van der Waals surface area contributed by atoms with Crippen molar-refractivity contribution in [2.45, 2.75) is 39.3 Å². The van der Waals surface area contributed by atoms with Crippen molar-refractivity contribution in [3.8, 4) is 5.75 Å². The van der Waals surface area contributed by atoms with Gasteiger partial charge in [0, 0.05) is 16.3 Å². The van der Waals surface area contributed by atoms with E-state index in [1.165, 1.54) is 0 Å². The van der Waals surface area contributed by atoms with E-state index in [-0.39, 0.29) is 17.7 Å². The smallest absolute Gasteiger partial charge is 0.242 e. The van der Waals surface area contributed by atoms with Gasteiger partial charge in [-0.05, 0) is 56.0 Å². The second-order valence-electron chi connectivity index (χ2n) is 6.48. The summed E-state index contributed by atoms with van der Waals surface area (Å²) in [4.78, 5) is 12.5. The number of halogens is 1. The summed E-state index contributed by atoms with van der Waals surface area (Å²) in [5, 5.41) is 13.9. The van der Waals surface area contributed by atoms with E-state index in [9.17, 15) is 9.90 Å². The third-order valence-electron chi connectivity index (χ3n) is 4.85. The third kappa shape index (κ3) is 3.49. The first kappa shape index (κ1) is 17.7. The average Bonchev–Trinajstić information content (AvgIpc) is 3.07. The summed E-state index contributed by atoms with van der Waals surface area (Å²) < 4.78 is 0. The molecule has 6 heteroatoms. The molecule has 1 amide bonds. The van der Waals surface area contributed by atoms with Crippen LogP contribution in [-0.2, 0) is 4.79 Å². The van der Waals surface area contributed by atoms with Gasteiger partial charge in [0.05, 0.1) is 6.04 Å². The van der Waals surface area contributed by atoms with E-state index >= 15 is 0 Å². The summed E-state index contributed by atoms with van der Waals surface area (Å²) in [5.41, 5.74) is 10.4. The number of carbonyl (C=O) groups excluding carboxylic acids is 1.